The van der Waals surface area contributed by atoms with Crippen LogP contribution in [0, 0.1) is 28.6 Å². The zero-order valence-electron chi connectivity index (χ0n) is 9.10. The fourth-order valence-corrected chi connectivity index (χ4v) is 2.31. The molecular formula is C13H12N2O. The highest BCUT2D eigenvalue weighted by atomic mass is 16.5. The molecule has 0 aromatic heterocycles. The molecule has 1 aromatic rings. The number of ether oxygens (including phenoxy) is 1. The van der Waals surface area contributed by atoms with Crippen LogP contribution in [0.1, 0.15) is 23.5 Å². The molecule has 0 N–H and O–H groups in total. The molecule has 0 aliphatic heterocycles. The Bertz CT molecular complexity index is 467. The number of hydrogen-bond donors (Lipinski definition) is 0. The number of nitrogens with zero attached hydrogens (tertiary/aromatic N) is 2. The van der Waals surface area contributed by atoms with Gasteiger partial charge in [0.25, 0.3) is 0 Å². The summed E-state index contributed by atoms with van der Waals surface area (Å²) in [5.74, 6) is 0.155. The minimum absolute atomic E-state index is 0.214. The van der Waals surface area contributed by atoms with Crippen molar-refractivity contribution < 1.29 is 4.74 Å². The number of rotatable bonds is 1. The molecule has 1 aromatic carbocycles. The van der Waals surface area contributed by atoms with Gasteiger partial charge in [-0.2, -0.15) is 10.5 Å². The Labute approximate surface area is 94.9 Å². The van der Waals surface area contributed by atoms with Crippen LogP contribution in [-0.4, -0.2) is 7.11 Å². The molecule has 2 unspecified atom stereocenters. The van der Waals surface area contributed by atoms with E-state index in [-0.39, 0.29) is 11.8 Å². The summed E-state index contributed by atoms with van der Waals surface area (Å²) in [5.41, 5.74) is 2.04. The molecule has 1 aliphatic carbocycles. The second-order valence-corrected chi connectivity index (χ2v) is 3.91. The third kappa shape index (κ3) is 1.51. The molecule has 2 rings (SSSR count). The van der Waals surface area contributed by atoms with Gasteiger partial charge in [0.05, 0.1) is 31.1 Å². The van der Waals surface area contributed by atoms with Crippen molar-refractivity contribution in [2.75, 3.05) is 7.11 Å². The van der Waals surface area contributed by atoms with E-state index < -0.39 is 0 Å². The summed E-state index contributed by atoms with van der Waals surface area (Å²) in [7, 11) is 1.60. The average Bonchev–Trinajstić information content (AvgIpc) is 2.36. The Kier molecular flexibility index (Phi) is 2.79. The van der Waals surface area contributed by atoms with Gasteiger partial charge in [-0.1, -0.05) is 12.1 Å². The molecule has 16 heavy (non-hydrogen) atoms. The average molecular weight is 212 g/mol. The molecule has 0 saturated heterocycles. The first kappa shape index (κ1) is 10.5. The molecule has 0 fully saturated rings. The maximum Gasteiger partial charge on any atom is 0.123 e. The summed E-state index contributed by atoms with van der Waals surface area (Å²) in [6.45, 7) is 0. The highest BCUT2D eigenvalue weighted by Crippen LogP contribution is 2.40. The quantitative estimate of drug-likeness (QED) is 0.718. The molecule has 0 radical (unpaired) electrons. The largest absolute Gasteiger partial charge is 0.496 e. The van der Waals surface area contributed by atoms with Gasteiger partial charge in [-0.25, -0.2) is 0 Å². The van der Waals surface area contributed by atoms with E-state index in [0.29, 0.717) is 0 Å². The molecule has 3 nitrogen and oxygen atoms in total. The third-order valence-electron chi connectivity index (χ3n) is 3.12. The standard InChI is InChI=1S/C13H12N2O/c1-16-12-4-2-3-9-5-6-10(7-14)11(8-15)13(9)12/h2-4,10-11H,5-6H2,1H3. The Morgan fingerprint density at radius 3 is 2.75 bits per heavy atom. The lowest BCUT2D eigenvalue weighted by Gasteiger charge is -2.26. The van der Waals surface area contributed by atoms with E-state index >= 15 is 0 Å². The highest BCUT2D eigenvalue weighted by Gasteiger charge is 2.32. The summed E-state index contributed by atoms with van der Waals surface area (Å²) >= 11 is 0. The van der Waals surface area contributed by atoms with E-state index in [1.165, 1.54) is 0 Å². The number of methoxy groups -OCH3 is 1. The minimum atomic E-state index is -0.357. The highest BCUT2D eigenvalue weighted by molar-refractivity contribution is 5.48. The van der Waals surface area contributed by atoms with E-state index in [0.717, 1.165) is 29.7 Å². The molecule has 0 saturated carbocycles. The van der Waals surface area contributed by atoms with Crippen molar-refractivity contribution in [3.8, 4) is 17.9 Å². The first-order valence-electron chi connectivity index (χ1n) is 5.26. The minimum Gasteiger partial charge on any atom is -0.496 e. The van der Waals surface area contributed by atoms with Crippen LogP contribution in [0.5, 0.6) is 5.75 Å². The number of hydrogen-bond acceptors (Lipinski definition) is 3. The summed E-state index contributed by atoms with van der Waals surface area (Å²) in [6.07, 6.45) is 1.61. The maximum atomic E-state index is 9.20. The van der Waals surface area contributed by atoms with Gasteiger partial charge < -0.3 is 4.74 Å². The summed E-state index contributed by atoms with van der Waals surface area (Å²) < 4.78 is 5.28. The number of nitriles is 2. The summed E-state index contributed by atoms with van der Waals surface area (Å²) in [4.78, 5) is 0. The van der Waals surface area contributed by atoms with Gasteiger partial charge in [0.2, 0.25) is 0 Å². The molecule has 3 heteroatoms. The van der Waals surface area contributed by atoms with E-state index in [9.17, 15) is 5.26 Å². The number of fused-ring (bicyclic) bond motifs is 1. The topological polar surface area (TPSA) is 56.8 Å². The van der Waals surface area contributed by atoms with Crippen molar-refractivity contribution in [3.05, 3.63) is 29.3 Å². The summed E-state index contributed by atoms with van der Waals surface area (Å²) in [5, 5.41) is 18.2. The van der Waals surface area contributed by atoms with Gasteiger partial charge in [-0.15, -0.1) is 0 Å². The zero-order valence-corrected chi connectivity index (χ0v) is 9.10. The lowest BCUT2D eigenvalue weighted by Crippen LogP contribution is -2.19. The lowest BCUT2D eigenvalue weighted by atomic mass is 9.76. The predicted octanol–water partition coefficient (Wildman–Crippen LogP) is 2.39. The van der Waals surface area contributed by atoms with E-state index in [1.807, 2.05) is 18.2 Å². The number of aryl methyl sites for hydroxylation is 1. The fourth-order valence-electron chi connectivity index (χ4n) is 2.31. The van der Waals surface area contributed by atoms with Gasteiger partial charge >= 0.3 is 0 Å². The molecular weight excluding hydrogens is 200 g/mol. The third-order valence-corrected chi connectivity index (χ3v) is 3.12. The van der Waals surface area contributed by atoms with Gasteiger partial charge in [-0.3, -0.25) is 0 Å². The van der Waals surface area contributed by atoms with Crippen molar-refractivity contribution >= 4 is 0 Å². The van der Waals surface area contributed by atoms with Crippen LogP contribution in [0.2, 0.25) is 0 Å². The van der Waals surface area contributed by atoms with Crippen LogP contribution in [0.3, 0.4) is 0 Å². The van der Waals surface area contributed by atoms with Crippen LogP contribution in [0.15, 0.2) is 18.2 Å². The molecule has 0 bridgehead atoms. The van der Waals surface area contributed by atoms with Gasteiger partial charge in [-0.05, 0) is 24.5 Å². The zero-order chi connectivity index (χ0) is 11.5. The van der Waals surface area contributed by atoms with Gasteiger partial charge in [0.1, 0.15) is 5.75 Å². The van der Waals surface area contributed by atoms with Crippen molar-refractivity contribution in [1.82, 2.24) is 0 Å². The second-order valence-electron chi connectivity index (χ2n) is 3.91. The predicted molar refractivity (Wildman–Crippen MR) is 58.8 cm³/mol. The van der Waals surface area contributed by atoms with Crippen molar-refractivity contribution in [1.29, 1.82) is 10.5 Å². The first-order valence-corrected chi connectivity index (χ1v) is 5.26. The Morgan fingerprint density at radius 2 is 2.12 bits per heavy atom. The van der Waals surface area contributed by atoms with Crippen LogP contribution in [0.25, 0.3) is 0 Å². The SMILES string of the molecule is COc1cccc2c1C(C#N)C(C#N)CC2. The van der Waals surface area contributed by atoms with Crippen molar-refractivity contribution in [3.63, 3.8) is 0 Å². The van der Waals surface area contributed by atoms with Gasteiger partial charge in [0, 0.05) is 5.56 Å². The van der Waals surface area contributed by atoms with E-state index in [2.05, 4.69) is 12.1 Å². The van der Waals surface area contributed by atoms with Crippen LogP contribution in [-0.2, 0) is 6.42 Å². The molecule has 0 heterocycles. The summed E-state index contributed by atoms with van der Waals surface area (Å²) in [6, 6.07) is 10.2. The van der Waals surface area contributed by atoms with Crippen LogP contribution < -0.4 is 4.74 Å². The molecule has 0 spiro atoms. The molecule has 2 atom stereocenters. The molecule has 80 valence electrons. The monoisotopic (exact) mass is 212 g/mol. The van der Waals surface area contributed by atoms with Crippen molar-refractivity contribution in [2.24, 2.45) is 5.92 Å². The smallest absolute Gasteiger partial charge is 0.123 e. The first-order chi connectivity index (χ1) is 7.81. The number of benzene rings is 1. The lowest BCUT2D eigenvalue weighted by molar-refractivity contribution is 0.397. The van der Waals surface area contributed by atoms with E-state index in [4.69, 9.17) is 10.00 Å². The van der Waals surface area contributed by atoms with Gasteiger partial charge in [0.15, 0.2) is 0 Å². The Balaban J connectivity index is 2.56. The normalized spacial score (nSPS) is 22.7. The second kappa shape index (κ2) is 4.24. The maximum absolute atomic E-state index is 9.20. The molecule has 1 aliphatic rings. The van der Waals surface area contributed by atoms with Crippen LogP contribution >= 0.6 is 0 Å². The Morgan fingerprint density at radius 1 is 1.31 bits per heavy atom. The Hall–Kier alpha value is -2.00. The van der Waals surface area contributed by atoms with E-state index in [1.54, 1.807) is 7.11 Å². The fraction of sp³-hybridized carbons (Fsp3) is 0.385. The molecule has 0 amide bonds. The van der Waals surface area contributed by atoms with Crippen LogP contribution in [0.4, 0.5) is 0 Å². The van der Waals surface area contributed by atoms with Crippen molar-refractivity contribution in [2.45, 2.75) is 18.8 Å².